The number of carbonyl (C=O) groups is 1. The van der Waals surface area contributed by atoms with Gasteiger partial charge in [-0.25, -0.2) is 0 Å². The molecule has 18 heavy (non-hydrogen) atoms. The molecule has 0 aromatic heterocycles. The minimum absolute atomic E-state index is 0.136. The molecule has 0 saturated heterocycles. The summed E-state index contributed by atoms with van der Waals surface area (Å²) in [6.45, 7) is 2.33. The lowest BCUT2D eigenvalue weighted by Crippen LogP contribution is -2.49. The van der Waals surface area contributed by atoms with Crippen LogP contribution in [0, 0.1) is 11.8 Å². The smallest absolute Gasteiger partial charge is 0.308 e. The van der Waals surface area contributed by atoms with Gasteiger partial charge in [-0.2, -0.15) is 0 Å². The van der Waals surface area contributed by atoms with Crippen LogP contribution in [-0.2, 0) is 4.79 Å². The molecule has 2 fully saturated rings. The van der Waals surface area contributed by atoms with Crippen LogP contribution < -0.4 is 0 Å². The third kappa shape index (κ3) is 3.05. The lowest BCUT2D eigenvalue weighted by Gasteiger charge is -2.42. The molecule has 2 rings (SSSR count). The van der Waals surface area contributed by atoms with Gasteiger partial charge in [0.1, 0.15) is 0 Å². The zero-order valence-corrected chi connectivity index (χ0v) is 11.8. The summed E-state index contributed by atoms with van der Waals surface area (Å²) in [5.74, 6) is 0.134. The third-order valence-electron chi connectivity index (χ3n) is 5.13. The lowest BCUT2D eigenvalue weighted by molar-refractivity contribution is -0.146. The van der Waals surface area contributed by atoms with Crippen LogP contribution in [0.1, 0.15) is 58.3 Å². The molecule has 0 radical (unpaired) electrons. The van der Waals surface area contributed by atoms with Crippen LogP contribution in [0.4, 0.5) is 0 Å². The van der Waals surface area contributed by atoms with Gasteiger partial charge in [0.2, 0.25) is 0 Å². The predicted molar refractivity (Wildman–Crippen MR) is 72.6 cm³/mol. The summed E-state index contributed by atoms with van der Waals surface area (Å²) in [6.07, 6.45) is 9.33. The molecule has 2 aliphatic carbocycles. The molecule has 0 bridgehead atoms. The summed E-state index contributed by atoms with van der Waals surface area (Å²) in [7, 11) is 2.16. The van der Waals surface area contributed by atoms with Crippen LogP contribution in [0.5, 0.6) is 0 Å². The Morgan fingerprint density at radius 1 is 1.06 bits per heavy atom. The number of carboxylic acid groups (broad SMARTS) is 1. The van der Waals surface area contributed by atoms with E-state index in [0.29, 0.717) is 6.04 Å². The third-order valence-corrected chi connectivity index (χ3v) is 5.13. The van der Waals surface area contributed by atoms with E-state index in [1.54, 1.807) is 0 Å². The molecule has 3 nitrogen and oxygen atoms in total. The maximum absolute atomic E-state index is 11.4. The monoisotopic (exact) mass is 253 g/mol. The van der Waals surface area contributed by atoms with Gasteiger partial charge in [0.25, 0.3) is 0 Å². The van der Waals surface area contributed by atoms with Crippen LogP contribution in [0.25, 0.3) is 0 Å². The number of nitrogens with zero attached hydrogens (tertiary/aromatic N) is 1. The summed E-state index contributed by atoms with van der Waals surface area (Å²) < 4.78 is 0. The summed E-state index contributed by atoms with van der Waals surface area (Å²) in [6, 6.07) is 0.890. The van der Waals surface area contributed by atoms with Gasteiger partial charge in [0.05, 0.1) is 5.92 Å². The molecule has 2 unspecified atom stereocenters. The first kappa shape index (κ1) is 13.9. The van der Waals surface area contributed by atoms with E-state index in [0.717, 1.165) is 25.2 Å². The maximum Gasteiger partial charge on any atom is 0.308 e. The van der Waals surface area contributed by atoms with Gasteiger partial charge >= 0.3 is 5.97 Å². The molecule has 104 valence electrons. The first-order valence-electron chi connectivity index (χ1n) is 7.54. The topological polar surface area (TPSA) is 40.5 Å². The fourth-order valence-corrected chi connectivity index (χ4v) is 3.81. The van der Waals surface area contributed by atoms with Crippen LogP contribution >= 0.6 is 0 Å². The van der Waals surface area contributed by atoms with Crippen molar-refractivity contribution in [2.45, 2.75) is 70.4 Å². The van der Waals surface area contributed by atoms with Crippen molar-refractivity contribution in [3.8, 4) is 0 Å². The van der Waals surface area contributed by atoms with Gasteiger partial charge in [-0.3, -0.25) is 9.69 Å². The molecule has 2 atom stereocenters. The van der Waals surface area contributed by atoms with Gasteiger partial charge in [0, 0.05) is 12.1 Å². The Kier molecular flexibility index (Phi) is 4.66. The molecule has 0 aromatic rings. The first-order chi connectivity index (χ1) is 8.59. The largest absolute Gasteiger partial charge is 0.481 e. The zero-order chi connectivity index (χ0) is 13.1. The minimum Gasteiger partial charge on any atom is -0.481 e. The van der Waals surface area contributed by atoms with Crippen molar-refractivity contribution in [2.75, 3.05) is 7.05 Å². The van der Waals surface area contributed by atoms with E-state index in [4.69, 9.17) is 0 Å². The molecular formula is C15H27NO2. The average Bonchev–Trinajstić information content (AvgIpc) is 2.39. The van der Waals surface area contributed by atoms with Gasteiger partial charge in [0.15, 0.2) is 0 Å². The molecule has 0 aliphatic heterocycles. The van der Waals surface area contributed by atoms with E-state index in [1.807, 2.05) is 0 Å². The van der Waals surface area contributed by atoms with E-state index < -0.39 is 5.97 Å². The Morgan fingerprint density at radius 2 is 1.67 bits per heavy atom. The van der Waals surface area contributed by atoms with Crippen LogP contribution in [0.15, 0.2) is 0 Å². The van der Waals surface area contributed by atoms with E-state index in [2.05, 4.69) is 18.9 Å². The normalized spacial score (nSPS) is 37.7. The van der Waals surface area contributed by atoms with Crippen molar-refractivity contribution in [1.82, 2.24) is 4.90 Å². The molecule has 3 heteroatoms. The van der Waals surface area contributed by atoms with Gasteiger partial charge < -0.3 is 5.11 Å². The number of hydrogen-bond acceptors (Lipinski definition) is 2. The summed E-state index contributed by atoms with van der Waals surface area (Å²) >= 11 is 0. The fourth-order valence-electron chi connectivity index (χ4n) is 3.81. The Bertz CT molecular complexity index is 284. The second-order valence-corrected chi connectivity index (χ2v) is 6.38. The Balaban J connectivity index is 1.97. The molecule has 2 aliphatic rings. The van der Waals surface area contributed by atoms with Crippen molar-refractivity contribution >= 4 is 5.97 Å². The van der Waals surface area contributed by atoms with E-state index in [9.17, 15) is 9.90 Å². The first-order valence-corrected chi connectivity index (χ1v) is 7.54. The maximum atomic E-state index is 11.4. The van der Waals surface area contributed by atoms with Crippen molar-refractivity contribution < 1.29 is 9.90 Å². The average molecular weight is 253 g/mol. The molecular weight excluding hydrogens is 226 g/mol. The molecule has 1 N–H and O–H groups in total. The van der Waals surface area contributed by atoms with Crippen molar-refractivity contribution in [1.29, 1.82) is 0 Å². The highest BCUT2D eigenvalue weighted by Crippen LogP contribution is 2.33. The van der Waals surface area contributed by atoms with Crippen molar-refractivity contribution in [3.63, 3.8) is 0 Å². The molecule has 0 spiro atoms. The number of rotatable bonds is 3. The van der Waals surface area contributed by atoms with Crippen LogP contribution in [0.2, 0.25) is 0 Å². The highest BCUT2D eigenvalue weighted by molar-refractivity contribution is 5.71. The van der Waals surface area contributed by atoms with Crippen molar-refractivity contribution in [3.05, 3.63) is 0 Å². The van der Waals surface area contributed by atoms with E-state index in [1.165, 1.54) is 32.1 Å². The second kappa shape index (κ2) is 6.05. The Labute approximate surface area is 111 Å². The zero-order valence-electron chi connectivity index (χ0n) is 11.8. The van der Waals surface area contributed by atoms with Gasteiger partial charge in [-0.1, -0.05) is 19.8 Å². The molecule has 0 heterocycles. The van der Waals surface area contributed by atoms with Crippen LogP contribution in [0.3, 0.4) is 0 Å². The van der Waals surface area contributed by atoms with E-state index >= 15 is 0 Å². The molecule has 2 saturated carbocycles. The lowest BCUT2D eigenvalue weighted by atomic mass is 9.80. The number of aliphatic carboxylic acids is 1. The standard InChI is InChI=1S/C15H27NO2/c1-11-7-9-12(10-8-11)16(2)14-6-4-3-5-13(14)15(17)18/h11-14H,3-10H2,1-2H3,(H,17,18). The summed E-state index contributed by atoms with van der Waals surface area (Å²) in [5.41, 5.74) is 0. The molecule has 0 aromatic carbocycles. The fraction of sp³-hybridized carbons (Fsp3) is 0.933. The molecule has 0 amide bonds. The minimum atomic E-state index is -0.587. The predicted octanol–water partition coefficient (Wildman–Crippen LogP) is 3.14. The Hall–Kier alpha value is -0.570. The highest BCUT2D eigenvalue weighted by Gasteiger charge is 2.36. The summed E-state index contributed by atoms with van der Waals surface area (Å²) in [5, 5.41) is 9.37. The van der Waals surface area contributed by atoms with Crippen molar-refractivity contribution in [2.24, 2.45) is 11.8 Å². The highest BCUT2D eigenvalue weighted by atomic mass is 16.4. The van der Waals surface area contributed by atoms with Gasteiger partial charge in [-0.05, 0) is 51.5 Å². The van der Waals surface area contributed by atoms with Crippen LogP contribution in [-0.4, -0.2) is 35.1 Å². The quantitative estimate of drug-likeness (QED) is 0.840. The number of hydrogen-bond donors (Lipinski definition) is 1. The van der Waals surface area contributed by atoms with E-state index in [-0.39, 0.29) is 12.0 Å². The second-order valence-electron chi connectivity index (χ2n) is 6.38. The van der Waals surface area contributed by atoms with Gasteiger partial charge in [-0.15, -0.1) is 0 Å². The summed E-state index contributed by atoms with van der Waals surface area (Å²) in [4.78, 5) is 13.8. The SMILES string of the molecule is CC1CCC(N(C)C2CCCCC2C(=O)O)CC1. The Morgan fingerprint density at radius 3 is 2.28 bits per heavy atom. The number of carboxylic acids is 1.